The van der Waals surface area contributed by atoms with Crippen LogP contribution in [0.2, 0.25) is 0 Å². The van der Waals surface area contributed by atoms with E-state index >= 15 is 0 Å². The van der Waals surface area contributed by atoms with Gasteiger partial charge in [0.15, 0.2) is 0 Å². The summed E-state index contributed by atoms with van der Waals surface area (Å²) in [6, 6.07) is 0. The first-order chi connectivity index (χ1) is 7.77. The molecule has 0 saturated carbocycles. The molecule has 0 saturated heterocycles. The fourth-order valence-electron chi connectivity index (χ4n) is 1.18. The van der Waals surface area contributed by atoms with Gasteiger partial charge < -0.3 is 9.84 Å². The van der Waals surface area contributed by atoms with Crippen LogP contribution in [0.1, 0.15) is 53.9 Å². The zero-order chi connectivity index (χ0) is 13.5. The van der Waals surface area contributed by atoms with Crippen LogP contribution in [0, 0.1) is 0 Å². The monoisotopic (exact) mass is 248 g/mol. The summed E-state index contributed by atoms with van der Waals surface area (Å²) in [4.78, 5) is 21.5. The molecule has 1 N–H and O–H groups in total. The lowest BCUT2D eigenvalue weighted by Crippen LogP contribution is -2.46. The predicted octanol–water partition coefficient (Wildman–Crippen LogP) is 2.74. The minimum Gasteiger partial charge on any atom is -0.477 e. The highest BCUT2D eigenvalue weighted by Gasteiger charge is 2.43. The summed E-state index contributed by atoms with van der Waals surface area (Å²) in [5.41, 5.74) is -0.579. The average molecular weight is 248 g/mol. The van der Waals surface area contributed by atoms with Crippen LogP contribution in [0.25, 0.3) is 0 Å². The standard InChI is InChI=1S/C12H24O5/c1-6-8-9-12(10(13)14,15-7-2)17-16-11(3,4)5/h6-9H2,1-5H3,(H,13,14). The van der Waals surface area contributed by atoms with E-state index in [1.54, 1.807) is 27.7 Å². The summed E-state index contributed by atoms with van der Waals surface area (Å²) < 4.78 is 5.24. The lowest BCUT2D eigenvalue weighted by Gasteiger charge is -2.30. The van der Waals surface area contributed by atoms with Gasteiger partial charge in [-0.05, 0) is 34.1 Å². The van der Waals surface area contributed by atoms with Gasteiger partial charge in [-0.25, -0.2) is 9.68 Å². The van der Waals surface area contributed by atoms with E-state index in [-0.39, 0.29) is 13.0 Å². The van der Waals surface area contributed by atoms with Crippen molar-refractivity contribution in [2.75, 3.05) is 6.61 Å². The second-order valence-corrected chi connectivity index (χ2v) is 4.87. The van der Waals surface area contributed by atoms with Crippen LogP contribution < -0.4 is 0 Å². The molecule has 1 atom stereocenters. The first-order valence-corrected chi connectivity index (χ1v) is 6.01. The molecule has 0 aliphatic carbocycles. The van der Waals surface area contributed by atoms with Crippen molar-refractivity contribution in [3.05, 3.63) is 0 Å². The van der Waals surface area contributed by atoms with Gasteiger partial charge in [-0.2, -0.15) is 4.89 Å². The van der Waals surface area contributed by atoms with Crippen molar-refractivity contribution < 1.29 is 24.4 Å². The highest BCUT2D eigenvalue weighted by molar-refractivity contribution is 5.75. The third kappa shape index (κ3) is 6.00. The first kappa shape index (κ1) is 16.4. The Morgan fingerprint density at radius 3 is 2.12 bits per heavy atom. The second kappa shape index (κ2) is 6.93. The molecule has 0 aromatic rings. The van der Waals surface area contributed by atoms with E-state index in [1.165, 1.54) is 0 Å². The van der Waals surface area contributed by atoms with Gasteiger partial charge in [-0.1, -0.05) is 13.3 Å². The molecule has 5 heteroatoms. The number of rotatable bonds is 8. The summed E-state index contributed by atoms with van der Waals surface area (Å²) >= 11 is 0. The van der Waals surface area contributed by atoms with Gasteiger partial charge in [-0.3, -0.25) is 0 Å². The highest BCUT2D eigenvalue weighted by Crippen LogP contribution is 2.24. The molecular formula is C12H24O5. The van der Waals surface area contributed by atoms with Gasteiger partial charge in [0.25, 0.3) is 5.79 Å². The molecule has 0 aliphatic heterocycles. The third-order valence-electron chi connectivity index (χ3n) is 1.99. The van der Waals surface area contributed by atoms with Crippen LogP contribution in [0.3, 0.4) is 0 Å². The molecule has 0 spiro atoms. The van der Waals surface area contributed by atoms with Crippen molar-refractivity contribution in [2.45, 2.75) is 65.3 Å². The molecule has 5 nitrogen and oxygen atoms in total. The Hall–Kier alpha value is -0.650. The maximum absolute atomic E-state index is 11.3. The number of ether oxygens (including phenoxy) is 1. The molecule has 0 rings (SSSR count). The van der Waals surface area contributed by atoms with Crippen molar-refractivity contribution in [1.29, 1.82) is 0 Å². The summed E-state index contributed by atoms with van der Waals surface area (Å²) in [6.45, 7) is 9.30. The minimum atomic E-state index is -1.70. The van der Waals surface area contributed by atoms with Crippen molar-refractivity contribution >= 4 is 5.97 Å². The Morgan fingerprint density at radius 2 is 1.76 bits per heavy atom. The molecule has 102 valence electrons. The largest absolute Gasteiger partial charge is 0.477 e. The van der Waals surface area contributed by atoms with E-state index in [4.69, 9.17) is 14.5 Å². The van der Waals surface area contributed by atoms with Crippen LogP contribution in [0.5, 0.6) is 0 Å². The number of hydrogen-bond acceptors (Lipinski definition) is 4. The zero-order valence-electron chi connectivity index (χ0n) is 11.4. The molecule has 0 aromatic heterocycles. The number of unbranched alkanes of at least 4 members (excludes halogenated alkanes) is 1. The smallest absolute Gasteiger partial charge is 0.367 e. The topological polar surface area (TPSA) is 65.0 Å². The van der Waals surface area contributed by atoms with Gasteiger partial charge in [0.1, 0.15) is 0 Å². The van der Waals surface area contributed by atoms with Crippen LogP contribution in [-0.2, 0) is 19.3 Å². The molecule has 0 fully saturated rings. The zero-order valence-corrected chi connectivity index (χ0v) is 11.4. The lowest BCUT2D eigenvalue weighted by molar-refractivity contribution is -0.448. The maximum Gasteiger partial charge on any atom is 0.367 e. The Kier molecular flexibility index (Phi) is 6.67. The molecular weight excluding hydrogens is 224 g/mol. The fraction of sp³-hybridized carbons (Fsp3) is 0.917. The SMILES string of the molecule is CCCCC(OCC)(OOC(C)(C)C)C(=O)O. The Balaban J connectivity index is 4.71. The van der Waals surface area contributed by atoms with Crippen LogP contribution in [0.15, 0.2) is 0 Å². The van der Waals surface area contributed by atoms with Gasteiger partial charge >= 0.3 is 5.97 Å². The maximum atomic E-state index is 11.3. The van der Waals surface area contributed by atoms with E-state index < -0.39 is 17.4 Å². The second-order valence-electron chi connectivity index (χ2n) is 4.87. The molecule has 0 aliphatic rings. The van der Waals surface area contributed by atoms with Crippen molar-refractivity contribution in [2.24, 2.45) is 0 Å². The normalized spacial score (nSPS) is 15.6. The van der Waals surface area contributed by atoms with E-state index in [1.807, 2.05) is 6.92 Å². The van der Waals surface area contributed by atoms with E-state index in [9.17, 15) is 9.90 Å². The number of aliphatic carboxylic acids is 1. The van der Waals surface area contributed by atoms with E-state index in [2.05, 4.69) is 0 Å². The van der Waals surface area contributed by atoms with Gasteiger partial charge in [0.05, 0.1) is 5.60 Å². The predicted molar refractivity (Wildman–Crippen MR) is 63.4 cm³/mol. The molecule has 1 unspecified atom stereocenters. The van der Waals surface area contributed by atoms with Crippen molar-refractivity contribution in [3.63, 3.8) is 0 Å². The number of carboxylic acids is 1. The van der Waals surface area contributed by atoms with Gasteiger partial charge in [-0.15, -0.1) is 0 Å². The molecule has 17 heavy (non-hydrogen) atoms. The van der Waals surface area contributed by atoms with Gasteiger partial charge in [0.2, 0.25) is 0 Å². The summed E-state index contributed by atoms with van der Waals surface area (Å²) in [6.07, 6.45) is 1.82. The molecule has 0 bridgehead atoms. The number of hydrogen-bond donors (Lipinski definition) is 1. The average Bonchev–Trinajstić information content (AvgIpc) is 2.21. The van der Waals surface area contributed by atoms with Gasteiger partial charge in [0, 0.05) is 13.0 Å². The summed E-state index contributed by atoms with van der Waals surface area (Å²) in [5, 5.41) is 9.25. The quantitative estimate of drug-likeness (QED) is 0.406. The van der Waals surface area contributed by atoms with Crippen LogP contribution in [-0.4, -0.2) is 29.1 Å². The summed E-state index contributed by atoms with van der Waals surface area (Å²) in [7, 11) is 0. The molecule has 0 aromatic carbocycles. The molecule has 0 radical (unpaired) electrons. The lowest BCUT2D eigenvalue weighted by atomic mass is 10.1. The minimum absolute atomic E-state index is 0.253. The third-order valence-corrected chi connectivity index (χ3v) is 1.99. The fourth-order valence-corrected chi connectivity index (χ4v) is 1.18. The van der Waals surface area contributed by atoms with Crippen LogP contribution >= 0.6 is 0 Å². The Labute approximate surface area is 103 Å². The van der Waals surface area contributed by atoms with Crippen LogP contribution in [0.4, 0.5) is 0 Å². The summed E-state index contributed by atoms with van der Waals surface area (Å²) in [5.74, 6) is -2.85. The van der Waals surface area contributed by atoms with E-state index in [0.29, 0.717) is 6.42 Å². The Bertz CT molecular complexity index is 234. The van der Waals surface area contributed by atoms with Crippen molar-refractivity contribution in [3.8, 4) is 0 Å². The van der Waals surface area contributed by atoms with E-state index in [0.717, 1.165) is 6.42 Å². The first-order valence-electron chi connectivity index (χ1n) is 6.01. The number of carboxylic acid groups (broad SMARTS) is 1. The molecule has 0 heterocycles. The highest BCUT2D eigenvalue weighted by atomic mass is 17.2. The van der Waals surface area contributed by atoms with Crippen molar-refractivity contribution in [1.82, 2.24) is 0 Å². The Morgan fingerprint density at radius 1 is 1.18 bits per heavy atom. The molecule has 0 amide bonds. The number of carbonyl (C=O) groups is 1.